The normalized spacial score (nSPS) is 52.6. The molecule has 0 spiro atoms. The number of rotatable bonds is 1. The second kappa shape index (κ2) is 5.58. The smallest absolute Gasteiger partial charge is 0.0628 e. The SMILES string of the molecule is C[C@@H](O)[C@H]1CCC2C3CC=C4C(C)(C)[C@@H](O)CC[C@]4(C)C3CC[C@@]21C. The van der Waals surface area contributed by atoms with E-state index in [1.165, 1.54) is 32.1 Å². The van der Waals surface area contributed by atoms with Crippen LogP contribution in [0.15, 0.2) is 11.6 Å². The van der Waals surface area contributed by atoms with Crippen LogP contribution < -0.4 is 0 Å². The van der Waals surface area contributed by atoms with E-state index in [0.717, 1.165) is 30.6 Å². The van der Waals surface area contributed by atoms with Crippen LogP contribution in [0, 0.1) is 39.9 Å². The molecule has 0 radical (unpaired) electrons. The molecule has 0 saturated heterocycles. The lowest BCUT2D eigenvalue weighted by atomic mass is 9.44. The maximum atomic E-state index is 10.6. The van der Waals surface area contributed by atoms with Crippen molar-refractivity contribution in [2.45, 2.75) is 91.8 Å². The number of hydrogen-bond acceptors (Lipinski definition) is 2. The fraction of sp³-hybridized carbons (Fsp3) is 0.913. The van der Waals surface area contributed by atoms with Crippen LogP contribution in [0.3, 0.4) is 0 Å². The van der Waals surface area contributed by atoms with E-state index in [1.54, 1.807) is 5.57 Å². The lowest BCUT2D eigenvalue weighted by molar-refractivity contribution is -0.0843. The molecule has 3 fully saturated rings. The van der Waals surface area contributed by atoms with Crippen LogP contribution in [0.5, 0.6) is 0 Å². The molecule has 0 bridgehead atoms. The highest BCUT2D eigenvalue weighted by molar-refractivity contribution is 5.31. The van der Waals surface area contributed by atoms with E-state index >= 15 is 0 Å². The Labute approximate surface area is 154 Å². The molecule has 0 aliphatic heterocycles. The van der Waals surface area contributed by atoms with Gasteiger partial charge in [-0.05, 0) is 86.4 Å². The Kier molecular flexibility index (Phi) is 4.03. The molecule has 0 aromatic carbocycles. The maximum absolute atomic E-state index is 10.6. The summed E-state index contributed by atoms with van der Waals surface area (Å²) < 4.78 is 0. The van der Waals surface area contributed by atoms with E-state index in [1.807, 2.05) is 6.92 Å². The summed E-state index contributed by atoms with van der Waals surface area (Å²) in [7, 11) is 0. The highest BCUT2D eigenvalue weighted by atomic mass is 16.3. The van der Waals surface area contributed by atoms with Crippen molar-refractivity contribution in [3.05, 3.63) is 11.6 Å². The lowest BCUT2D eigenvalue weighted by Gasteiger charge is -2.61. The Morgan fingerprint density at radius 3 is 2.40 bits per heavy atom. The van der Waals surface area contributed by atoms with Crippen LogP contribution in [0.25, 0.3) is 0 Å². The Morgan fingerprint density at radius 1 is 1.00 bits per heavy atom. The maximum Gasteiger partial charge on any atom is 0.0628 e. The number of hydrogen-bond donors (Lipinski definition) is 2. The predicted octanol–water partition coefficient (Wildman–Crippen LogP) is 4.94. The molecule has 2 N–H and O–H groups in total. The predicted molar refractivity (Wildman–Crippen MR) is 102 cm³/mol. The van der Waals surface area contributed by atoms with Gasteiger partial charge in [-0.3, -0.25) is 0 Å². The molecule has 0 heterocycles. The third-order valence-electron chi connectivity index (χ3n) is 9.58. The van der Waals surface area contributed by atoms with Gasteiger partial charge in [-0.1, -0.05) is 39.3 Å². The minimum Gasteiger partial charge on any atom is -0.393 e. The average Bonchev–Trinajstić information content (AvgIpc) is 2.89. The summed E-state index contributed by atoms with van der Waals surface area (Å²) in [5, 5.41) is 21.0. The van der Waals surface area contributed by atoms with Crippen LogP contribution in [0.1, 0.15) is 79.6 Å². The van der Waals surface area contributed by atoms with Gasteiger partial charge in [0.25, 0.3) is 0 Å². The number of fused-ring (bicyclic) bond motifs is 5. The summed E-state index contributed by atoms with van der Waals surface area (Å²) >= 11 is 0. The van der Waals surface area contributed by atoms with Gasteiger partial charge in [0.05, 0.1) is 12.2 Å². The van der Waals surface area contributed by atoms with Gasteiger partial charge in [0.2, 0.25) is 0 Å². The molecule has 25 heavy (non-hydrogen) atoms. The van der Waals surface area contributed by atoms with E-state index in [0.29, 0.717) is 11.3 Å². The zero-order valence-corrected chi connectivity index (χ0v) is 16.9. The van der Waals surface area contributed by atoms with Crippen molar-refractivity contribution in [3.63, 3.8) is 0 Å². The molecule has 8 atom stereocenters. The molecule has 3 unspecified atom stereocenters. The number of aliphatic hydroxyl groups is 2. The molecule has 0 aromatic rings. The molecule has 4 aliphatic rings. The summed E-state index contributed by atoms with van der Waals surface area (Å²) in [6, 6.07) is 0. The standard InChI is InChI=1S/C23H38O2/c1-14(24)16-7-8-17-15-6-9-19-21(2,3)20(25)11-13-23(19,5)18(15)10-12-22(16,17)4/h9,14-18,20,24-25H,6-8,10-13H2,1-5H3/t14-,15?,16-,17?,18?,20+,22-,23-/m1/s1. The van der Waals surface area contributed by atoms with Gasteiger partial charge in [0.15, 0.2) is 0 Å². The van der Waals surface area contributed by atoms with Crippen LogP contribution in [0.2, 0.25) is 0 Å². The Bertz CT molecular complexity index is 577. The fourth-order valence-corrected chi connectivity index (χ4v) is 8.22. The molecule has 0 amide bonds. The van der Waals surface area contributed by atoms with Crippen LogP contribution in [-0.4, -0.2) is 22.4 Å². The van der Waals surface area contributed by atoms with Gasteiger partial charge < -0.3 is 10.2 Å². The van der Waals surface area contributed by atoms with Crippen molar-refractivity contribution < 1.29 is 10.2 Å². The largest absolute Gasteiger partial charge is 0.393 e. The molecular weight excluding hydrogens is 308 g/mol. The van der Waals surface area contributed by atoms with Crippen molar-refractivity contribution in [1.82, 2.24) is 0 Å². The second-order valence-corrected chi connectivity index (χ2v) is 10.9. The summed E-state index contributed by atoms with van der Waals surface area (Å²) in [5.74, 6) is 2.81. The molecule has 2 heteroatoms. The quantitative estimate of drug-likeness (QED) is 0.660. The topological polar surface area (TPSA) is 40.5 Å². The zero-order valence-electron chi connectivity index (χ0n) is 16.9. The van der Waals surface area contributed by atoms with Crippen molar-refractivity contribution in [2.75, 3.05) is 0 Å². The van der Waals surface area contributed by atoms with Gasteiger partial charge in [0, 0.05) is 5.41 Å². The zero-order chi connectivity index (χ0) is 18.2. The van der Waals surface area contributed by atoms with Crippen molar-refractivity contribution in [2.24, 2.45) is 39.9 Å². The van der Waals surface area contributed by atoms with Crippen LogP contribution in [0.4, 0.5) is 0 Å². The van der Waals surface area contributed by atoms with E-state index in [-0.39, 0.29) is 23.0 Å². The van der Waals surface area contributed by atoms with E-state index in [4.69, 9.17) is 0 Å². The van der Waals surface area contributed by atoms with E-state index in [2.05, 4.69) is 33.8 Å². The first kappa shape index (κ1) is 18.0. The molecule has 2 nitrogen and oxygen atoms in total. The van der Waals surface area contributed by atoms with Crippen LogP contribution in [-0.2, 0) is 0 Å². The highest BCUT2D eigenvalue weighted by Crippen LogP contribution is 2.68. The fourth-order valence-electron chi connectivity index (χ4n) is 8.22. The van der Waals surface area contributed by atoms with Gasteiger partial charge in [-0.25, -0.2) is 0 Å². The molecule has 0 aromatic heterocycles. The van der Waals surface area contributed by atoms with Crippen LogP contribution >= 0.6 is 0 Å². The summed E-state index contributed by atoms with van der Waals surface area (Å²) in [6.07, 6.45) is 10.6. The third-order valence-corrected chi connectivity index (χ3v) is 9.58. The molecule has 4 aliphatic carbocycles. The Hall–Kier alpha value is -0.340. The third kappa shape index (κ3) is 2.29. The Balaban J connectivity index is 1.70. The first-order valence-corrected chi connectivity index (χ1v) is 10.7. The molecule has 3 saturated carbocycles. The number of aliphatic hydroxyl groups excluding tert-OH is 2. The van der Waals surface area contributed by atoms with Crippen molar-refractivity contribution >= 4 is 0 Å². The van der Waals surface area contributed by atoms with Crippen molar-refractivity contribution in [1.29, 1.82) is 0 Å². The second-order valence-electron chi connectivity index (χ2n) is 10.9. The van der Waals surface area contributed by atoms with Gasteiger partial charge >= 0.3 is 0 Å². The molecule has 142 valence electrons. The van der Waals surface area contributed by atoms with Gasteiger partial charge in [-0.2, -0.15) is 0 Å². The van der Waals surface area contributed by atoms with Gasteiger partial charge in [-0.15, -0.1) is 0 Å². The monoisotopic (exact) mass is 346 g/mol. The average molecular weight is 347 g/mol. The first-order valence-electron chi connectivity index (χ1n) is 10.7. The minimum absolute atomic E-state index is 0.0729. The highest BCUT2D eigenvalue weighted by Gasteiger charge is 2.61. The number of allylic oxidation sites excluding steroid dienone is 1. The molecule has 4 rings (SSSR count). The first-order chi connectivity index (χ1) is 11.6. The van der Waals surface area contributed by atoms with E-state index < -0.39 is 0 Å². The molecular formula is C23H38O2. The summed E-state index contributed by atoms with van der Waals surface area (Å²) in [4.78, 5) is 0. The summed E-state index contributed by atoms with van der Waals surface area (Å²) in [6.45, 7) is 11.5. The minimum atomic E-state index is -0.191. The van der Waals surface area contributed by atoms with E-state index in [9.17, 15) is 10.2 Å². The van der Waals surface area contributed by atoms with Gasteiger partial charge in [0.1, 0.15) is 0 Å². The Morgan fingerprint density at radius 2 is 1.72 bits per heavy atom. The van der Waals surface area contributed by atoms with Crippen molar-refractivity contribution in [3.8, 4) is 0 Å². The lowest BCUT2D eigenvalue weighted by Crippen LogP contribution is -2.54. The summed E-state index contributed by atoms with van der Waals surface area (Å²) in [5.41, 5.74) is 2.08.